The van der Waals surface area contributed by atoms with E-state index >= 15 is 0 Å². The molecule has 0 saturated heterocycles. The average molecular weight is 280 g/mol. The van der Waals surface area contributed by atoms with Gasteiger partial charge in [-0.15, -0.1) is 11.6 Å². The quantitative estimate of drug-likeness (QED) is 0.774. The molecule has 14 heavy (non-hydrogen) atoms. The number of halogens is 3. The first-order valence-electron chi connectivity index (χ1n) is 4.08. The molecule has 0 atom stereocenters. The molecule has 0 fully saturated rings. The van der Waals surface area contributed by atoms with E-state index < -0.39 is 0 Å². The van der Waals surface area contributed by atoms with Crippen LogP contribution in [-0.2, 0) is 16.5 Å². The molecule has 0 N–H and O–H groups in total. The van der Waals surface area contributed by atoms with Crippen molar-refractivity contribution in [1.82, 2.24) is 0 Å². The molecule has 0 radical (unpaired) electrons. The molecule has 1 rings (SSSR count). The van der Waals surface area contributed by atoms with Crippen LogP contribution in [-0.4, -0.2) is 11.7 Å². The molecule has 76 valence electrons. The van der Waals surface area contributed by atoms with Crippen LogP contribution in [0.1, 0.15) is 11.1 Å². The van der Waals surface area contributed by atoms with Gasteiger partial charge in [-0.3, -0.25) is 4.79 Å². The summed E-state index contributed by atoms with van der Waals surface area (Å²) in [4.78, 5) is 11.0. The highest BCUT2D eigenvalue weighted by Gasteiger charge is 2.07. The van der Waals surface area contributed by atoms with Crippen molar-refractivity contribution in [3.05, 3.63) is 35.1 Å². The largest absolute Gasteiger partial charge is 0.298 e. The van der Waals surface area contributed by atoms with E-state index in [-0.39, 0.29) is 23.9 Å². The number of ketones is 1. The van der Waals surface area contributed by atoms with E-state index in [0.717, 1.165) is 5.56 Å². The van der Waals surface area contributed by atoms with E-state index in [1.54, 1.807) is 12.1 Å². The third-order valence-electron chi connectivity index (χ3n) is 1.80. The van der Waals surface area contributed by atoms with Gasteiger partial charge in [-0.25, -0.2) is 4.39 Å². The molecule has 0 aliphatic carbocycles. The first-order chi connectivity index (χ1) is 6.67. The lowest BCUT2D eigenvalue weighted by atomic mass is 10.1. The number of hydrogen-bond donors (Lipinski definition) is 0. The predicted octanol–water partition coefficient (Wildman–Crippen LogP) is 3.07. The van der Waals surface area contributed by atoms with Gasteiger partial charge in [0.25, 0.3) is 0 Å². The highest BCUT2D eigenvalue weighted by atomic mass is 79.9. The molecule has 0 spiro atoms. The molecule has 0 aromatic heterocycles. The van der Waals surface area contributed by atoms with Crippen molar-refractivity contribution in [1.29, 1.82) is 0 Å². The second-order valence-corrected chi connectivity index (χ2v) is 3.74. The van der Waals surface area contributed by atoms with E-state index in [9.17, 15) is 9.18 Å². The number of alkyl halides is 2. The predicted molar refractivity (Wildman–Crippen MR) is 58.5 cm³/mol. The van der Waals surface area contributed by atoms with Gasteiger partial charge in [-0.1, -0.05) is 28.1 Å². The van der Waals surface area contributed by atoms with E-state index in [0.29, 0.717) is 10.9 Å². The minimum Gasteiger partial charge on any atom is -0.298 e. The lowest BCUT2D eigenvalue weighted by Crippen LogP contribution is -2.05. The van der Waals surface area contributed by atoms with Gasteiger partial charge in [-0.05, 0) is 17.2 Å². The molecule has 0 amide bonds. The Bertz CT molecular complexity index is 341. The molecule has 0 unspecified atom stereocenters. The Morgan fingerprint density at radius 2 is 2.21 bits per heavy atom. The van der Waals surface area contributed by atoms with Crippen LogP contribution in [0.5, 0.6) is 0 Å². The zero-order valence-corrected chi connectivity index (χ0v) is 9.74. The fraction of sp³-hybridized carbons (Fsp3) is 0.300. The zero-order chi connectivity index (χ0) is 10.6. The summed E-state index contributed by atoms with van der Waals surface area (Å²) in [6.07, 6.45) is 0.0656. The van der Waals surface area contributed by atoms with Crippen molar-refractivity contribution in [2.45, 2.75) is 11.8 Å². The normalized spacial score (nSPS) is 10.2. The van der Waals surface area contributed by atoms with Crippen LogP contribution in [0.3, 0.4) is 0 Å². The van der Waals surface area contributed by atoms with Gasteiger partial charge in [0.1, 0.15) is 5.82 Å². The third-order valence-corrected chi connectivity index (χ3v) is 2.75. The molecule has 4 heteroatoms. The first kappa shape index (κ1) is 11.7. The average Bonchev–Trinajstić information content (AvgIpc) is 2.21. The second-order valence-electron chi connectivity index (χ2n) is 2.91. The van der Waals surface area contributed by atoms with E-state index in [2.05, 4.69) is 15.9 Å². The fourth-order valence-electron chi connectivity index (χ4n) is 1.11. The Balaban J connectivity index is 2.89. The van der Waals surface area contributed by atoms with Gasteiger partial charge in [-0.2, -0.15) is 0 Å². The molecular formula is C10H9BrClFO. The maximum atomic E-state index is 13.2. The van der Waals surface area contributed by atoms with Crippen molar-refractivity contribution in [3.8, 4) is 0 Å². The summed E-state index contributed by atoms with van der Waals surface area (Å²) in [7, 11) is 0. The summed E-state index contributed by atoms with van der Waals surface area (Å²) in [5.41, 5.74) is 1.36. The minimum absolute atomic E-state index is 0.0656. The summed E-state index contributed by atoms with van der Waals surface area (Å²) in [5, 5.41) is 0.648. The molecule has 1 nitrogen and oxygen atoms in total. The van der Waals surface area contributed by atoms with E-state index in [1.165, 1.54) is 6.07 Å². The van der Waals surface area contributed by atoms with Gasteiger partial charge in [0.15, 0.2) is 5.78 Å². The minimum atomic E-state index is -0.354. The van der Waals surface area contributed by atoms with Gasteiger partial charge in [0.05, 0.1) is 5.88 Å². The topological polar surface area (TPSA) is 17.1 Å². The molecule has 0 aliphatic rings. The van der Waals surface area contributed by atoms with Crippen molar-refractivity contribution >= 4 is 33.3 Å². The smallest absolute Gasteiger partial charge is 0.152 e. The Morgan fingerprint density at radius 3 is 2.79 bits per heavy atom. The molecular weight excluding hydrogens is 270 g/mol. The molecule has 0 heterocycles. The highest BCUT2D eigenvalue weighted by Crippen LogP contribution is 2.14. The Labute approximate surface area is 95.4 Å². The van der Waals surface area contributed by atoms with Gasteiger partial charge in [0, 0.05) is 11.8 Å². The van der Waals surface area contributed by atoms with Crippen LogP contribution in [0.25, 0.3) is 0 Å². The van der Waals surface area contributed by atoms with Crippen molar-refractivity contribution < 1.29 is 9.18 Å². The van der Waals surface area contributed by atoms with Gasteiger partial charge in [0.2, 0.25) is 0 Å². The number of Topliss-reactive ketones (excluding diaryl/α,β-unsaturated/α-hetero) is 1. The summed E-state index contributed by atoms with van der Waals surface area (Å²) < 4.78 is 13.2. The Morgan fingerprint density at radius 1 is 1.50 bits per heavy atom. The summed E-state index contributed by atoms with van der Waals surface area (Å²) in [6.45, 7) is 0. The number of rotatable bonds is 4. The van der Waals surface area contributed by atoms with Crippen LogP contribution in [0.4, 0.5) is 4.39 Å². The zero-order valence-electron chi connectivity index (χ0n) is 7.40. The number of benzene rings is 1. The summed E-state index contributed by atoms with van der Waals surface area (Å²) in [5.74, 6) is -0.594. The van der Waals surface area contributed by atoms with Crippen LogP contribution in [0.15, 0.2) is 18.2 Å². The Kier molecular flexibility index (Phi) is 4.55. The number of hydrogen-bond acceptors (Lipinski definition) is 1. The SMILES string of the molecule is O=C(CCl)Cc1cc(CBr)ccc1F. The van der Waals surface area contributed by atoms with Gasteiger partial charge >= 0.3 is 0 Å². The summed E-state index contributed by atoms with van der Waals surface area (Å²) in [6, 6.07) is 4.72. The lowest BCUT2D eigenvalue weighted by molar-refractivity contribution is -0.116. The van der Waals surface area contributed by atoms with Crippen LogP contribution >= 0.6 is 27.5 Å². The maximum Gasteiger partial charge on any atom is 0.152 e. The highest BCUT2D eigenvalue weighted by molar-refractivity contribution is 9.08. The molecule has 1 aromatic carbocycles. The van der Waals surface area contributed by atoms with Crippen LogP contribution in [0, 0.1) is 5.82 Å². The number of carbonyl (C=O) groups excluding carboxylic acids is 1. The molecule has 0 bridgehead atoms. The lowest BCUT2D eigenvalue weighted by Gasteiger charge is -2.03. The first-order valence-corrected chi connectivity index (χ1v) is 5.74. The van der Waals surface area contributed by atoms with E-state index in [4.69, 9.17) is 11.6 Å². The second kappa shape index (κ2) is 5.47. The molecule has 1 aromatic rings. The molecule has 0 aliphatic heterocycles. The van der Waals surface area contributed by atoms with E-state index in [1.807, 2.05) is 0 Å². The monoisotopic (exact) mass is 278 g/mol. The fourth-order valence-corrected chi connectivity index (χ4v) is 1.55. The van der Waals surface area contributed by atoms with Crippen LogP contribution in [0.2, 0.25) is 0 Å². The molecule has 0 saturated carbocycles. The van der Waals surface area contributed by atoms with Crippen molar-refractivity contribution in [3.63, 3.8) is 0 Å². The van der Waals surface area contributed by atoms with Crippen molar-refractivity contribution in [2.24, 2.45) is 0 Å². The van der Waals surface area contributed by atoms with Gasteiger partial charge < -0.3 is 0 Å². The standard InChI is InChI=1S/C10H9BrClFO/c11-5-7-1-2-10(13)8(3-7)4-9(14)6-12/h1-3H,4-6H2. The third kappa shape index (κ3) is 3.07. The number of carbonyl (C=O) groups is 1. The Hall–Kier alpha value is -0.410. The maximum absolute atomic E-state index is 13.2. The van der Waals surface area contributed by atoms with Crippen LogP contribution < -0.4 is 0 Å². The summed E-state index contributed by atoms with van der Waals surface area (Å²) >= 11 is 8.61. The van der Waals surface area contributed by atoms with Crippen molar-refractivity contribution in [2.75, 3.05) is 5.88 Å².